The number of benzene rings is 1. The average molecular weight is 329 g/mol. The molecule has 0 bridgehead atoms. The highest BCUT2D eigenvalue weighted by atomic mass is 16.5. The summed E-state index contributed by atoms with van der Waals surface area (Å²) in [5.41, 5.74) is 1.77. The first-order valence-corrected chi connectivity index (χ1v) is 8.02. The molecule has 0 aromatic heterocycles. The molecule has 5 nitrogen and oxygen atoms in total. The Morgan fingerprint density at radius 2 is 2.00 bits per heavy atom. The van der Waals surface area contributed by atoms with Crippen LogP contribution in [-0.4, -0.2) is 28.0 Å². The molecule has 0 aliphatic carbocycles. The number of fused-ring (bicyclic) bond motifs is 1. The van der Waals surface area contributed by atoms with Crippen LogP contribution in [0.15, 0.2) is 35.9 Å². The number of allylic oxidation sites excluding steroid dienone is 3. The van der Waals surface area contributed by atoms with Gasteiger partial charge in [0.2, 0.25) is 0 Å². The minimum Gasteiger partial charge on any atom is -0.508 e. The minimum atomic E-state index is -0.644. The fraction of sp³-hybridized carbons (Fsp3) is 0.368. The summed E-state index contributed by atoms with van der Waals surface area (Å²) in [6.07, 6.45) is 7.90. The highest BCUT2D eigenvalue weighted by molar-refractivity contribution is 5.99. The molecule has 24 heavy (non-hydrogen) atoms. The number of carbonyl (C=O) groups excluding carboxylic acids is 1. The number of rotatable bonds is 0. The molecule has 1 aliphatic heterocycles. The Morgan fingerprint density at radius 1 is 1.25 bits per heavy atom. The molecule has 0 radical (unpaired) electrons. The van der Waals surface area contributed by atoms with Crippen LogP contribution in [0.25, 0.3) is 0 Å². The summed E-state index contributed by atoms with van der Waals surface area (Å²) >= 11 is 0. The van der Waals surface area contributed by atoms with Crippen molar-refractivity contribution in [2.45, 2.75) is 45.6 Å². The number of hydrogen-bond donors (Lipinski definition) is 3. The van der Waals surface area contributed by atoms with Gasteiger partial charge in [-0.1, -0.05) is 17.7 Å². The number of hydrogen-bond acceptors (Lipinski definition) is 5. The molecule has 0 saturated heterocycles. The predicted molar refractivity (Wildman–Crippen MR) is 92.8 cm³/mol. The molecule has 1 heterocycles. The van der Waals surface area contributed by atoms with Gasteiger partial charge in [0.25, 0.3) is 0 Å². The van der Waals surface area contributed by atoms with Crippen LogP contribution in [0.2, 0.25) is 0 Å². The average Bonchev–Trinajstić information content (AvgIpc) is 2.44. The van der Waals surface area contributed by atoms with Gasteiger partial charge in [-0.15, -0.1) is 0 Å². The maximum Gasteiger partial charge on any atom is 0.342 e. The highest BCUT2D eigenvalue weighted by Crippen LogP contribution is 2.29. The molecule has 1 aliphatic rings. The normalized spacial score (nSPS) is 23.4. The third-order valence-electron chi connectivity index (χ3n) is 3.84. The molecule has 0 spiro atoms. The molecular weight excluding hydrogens is 306 g/mol. The van der Waals surface area contributed by atoms with Gasteiger partial charge in [-0.05, 0) is 44.4 Å². The van der Waals surface area contributed by atoms with E-state index in [1.54, 1.807) is 13.0 Å². The molecule has 0 fully saturated rings. The van der Waals surface area contributed by atoms with E-state index in [1.165, 1.54) is 6.07 Å². The SMILES string of the molecule is C/C1=C\C(=N)Cc2cc(O)cc(O)c2C(=O)O[C@H](C)C/C=C/CC1. The predicted octanol–water partition coefficient (Wildman–Crippen LogP) is 3.89. The third kappa shape index (κ3) is 4.72. The molecule has 1 atom stereocenters. The van der Waals surface area contributed by atoms with Crippen molar-refractivity contribution >= 4 is 11.7 Å². The van der Waals surface area contributed by atoms with Crippen LogP contribution in [0.3, 0.4) is 0 Å². The third-order valence-corrected chi connectivity index (χ3v) is 3.84. The van der Waals surface area contributed by atoms with E-state index >= 15 is 0 Å². The molecule has 5 heteroatoms. The van der Waals surface area contributed by atoms with Crippen LogP contribution in [-0.2, 0) is 11.2 Å². The number of ether oxygens (including phenoxy) is 1. The van der Waals surface area contributed by atoms with E-state index in [2.05, 4.69) is 0 Å². The summed E-state index contributed by atoms with van der Waals surface area (Å²) in [4.78, 5) is 12.4. The summed E-state index contributed by atoms with van der Waals surface area (Å²) in [5.74, 6) is -1.13. The van der Waals surface area contributed by atoms with E-state index in [0.717, 1.165) is 24.5 Å². The van der Waals surface area contributed by atoms with Crippen molar-refractivity contribution in [2.24, 2.45) is 0 Å². The van der Waals surface area contributed by atoms with Gasteiger partial charge < -0.3 is 20.4 Å². The lowest BCUT2D eigenvalue weighted by Crippen LogP contribution is -2.17. The van der Waals surface area contributed by atoms with Crippen LogP contribution in [0.5, 0.6) is 11.5 Å². The Balaban J connectivity index is 2.44. The molecule has 0 saturated carbocycles. The van der Waals surface area contributed by atoms with Gasteiger partial charge in [0.1, 0.15) is 23.2 Å². The van der Waals surface area contributed by atoms with E-state index in [4.69, 9.17) is 10.1 Å². The van der Waals surface area contributed by atoms with E-state index in [0.29, 0.717) is 17.7 Å². The lowest BCUT2D eigenvalue weighted by molar-refractivity contribution is 0.0343. The van der Waals surface area contributed by atoms with E-state index < -0.39 is 5.97 Å². The fourth-order valence-corrected chi connectivity index (χ4v) is 2.68. The number of phenolic OH excluding ortho intramolecular Hbond substituents is 2. The van der Waals surface area contributed by atoms with Gasteiger partial charge in [0.05, 0.1) is 0 Å². The molecule has 128 valence electrons. The second-order valence-electron chi connectivity index (χ2n) is 6.15. The first-order valence-electron chi connectivity index (χ1n) is 8.02. The number of carbonyl (C=O) groups is 1. The van der Waals surface area contributed by atoms with Gasteiger partial charge in [-0.2, -0.15) is 0 Å². The molecule has 0 amide bonds. The Hall–Kier alpha value is -2.56. The maximum atomic E-state index is 12.4. The monoisotopic (exact) mass is 329 g/mol. The molecule has 1 aromatic carbocycles. The number of nitrogens with one attached hydrogen (secondary N) is 1. The van der Waals surface area contributed by atoms with Crippen molar-refractivity contribution < 1.29 is 19.7 Å². The first-order chi connectivity index (χ1) is 11.4. The standard InChI is InChI=1S/C19H23NO4/c1-12-6-4-3-5-7-13(2)24-19(23)18-14(9-15(20)8-12)10-16(21)11-17(18)22/h3,5,8,10-11,13,20-22H,4,6-7,9H2,1-2H3/b5-3+,12-8+,20-15?/t13-/m1/s1. The molecule has 1 aromatic rings. The molecular formula is C19H23NO4. The molecule has 2 rings (SSSR count). The van der Waals surface area contributed by atoms with E-state index in [9.17, 15) is 15.0 Å². The Labute approximate surface area is 141 Å². The molecule has 0 unspecified atom stereocenters. The quantitative estimate of drug-likeness (QED) is 0.497. The largest absolute Gasteiger partial charge is 0.508 e. The molecule has 3 N–H and O–H groups in total. The van der Waals surface area contributed by atoms with Gasteiger partial charge in [0, 0.05) is 24.6 Å². The lowest BCUT2D eigenvalue weighted by Gasteiger charge is -2.16. The summed E-state index contributed by atoms with van der Waals surface area (Å²) in [5, 5.41) is 27.9. The number of aromatic hydroxyl groups is 2. The Kier molecular flexibility index (Phi) is 5.79. The minimum absolute atomic E-state index is 0.0106. The van der Waals surface area contributed by atoms with Gasteiger partial charge in [-0.3, -0.25) is 0 Å². The topological polar surface area (TPSA) is 90.6 Å². The number of phenols is 2. The highest BCUT2D eigenvalue weighted by Gasteiger charge is 2.21. The van der Waals surface area contributed by atoms with Crippen molar-refractivity contribution in [3.63, 3.8) is 0 Å². The summed E-state index contributed by atoms with van der Waals surface area (Å²) in [6, 6.07) is 2.50. The van der Waals surface area contributed by atoms with Gasteiger partial charge in [0.15, 0.2) is 0 Å². The summed E-state index contributed by atoms with van der Waals surface area (Å²) in [7, 11) is 0. The van der Waals surface area contributed by atoms with E-state index in [1.807, 2.05) is 19.1 Å². The van der Waals surface area contributed by atoms with Crippen LogP contribution >= 0.6 is 0 Å². The zero-order chi connectivity index (χ0) is 17.7. The number of cyclic esters (lactones) is 1. The fourth-order valence-electron chi connectivity index (χ4n) is 2.68. The number of esters is 1. The Morgan fingerprint density at radius 3 is 2.75 bits per heavy atom. The second kappa shape index (κ2) is 7.81. The van der Waals surface area contributed by atoms with E-state index in [-0.39, 0.29) is 29.6 Å². The van der Waals surface area contributed by atoms with Crippen molar-refractivity contribution in [1.82, 2.24) is 0 Å². The van der Waals surface area contributed by atoms with Crippen LogP contribution < -0.4 is 0 Å². The summed E-state index contributed by atoms with van der Waals surface area (Å²) < 4.78 is 5.38. The van der Waals surface area contributed by atoms with Crippen LogP contribution in [0.1, 0.15) is 49.0 Å². The van der Waals surface area contributed by atoms with Crippen molar-refractivity contribution in [2.75, 3.05) is 0 Å². The van der Waals surface area contributed by atoms with Crippen molar-refractivity contribution in [3.8, 4) is 11.5 Å². The second-order valence-corrected chi connectivity index (χ2v) is 6.15. The smallest absolute Gasteiger partial charge is 0.342 e. The van der Waals surface area contributed by atoms with Crippen molar-refractivity contribution in [1.29, 1.82) is 5.41 Å². The Bertz CT molecular complexity index is 704. The summed E-state index contributed by atoms with van der Waals surface area (Å²) in [6.45, 7) is 3.75. The zero-order valence-electron chi connectivity index (χ0n) is 14.0. The lowest BCUT2D eigenvalue weighted by atomic mass is 9.98. The van der Waals surface area contributed by atoms with Gasteiger partial charge in [-0.25, -0.2) is 4.79 Å². The van der Waals surface area contributed by atoms with Gasteiger partial charge >= 0.3 is 5.97 Å². The van der Waals surface area contributed by atoms with Crippen LogP contribution in [0.4, 0.5) is 0 Å². The zero-order valence-corrected chi connectivity index (χ0v) is 14.0. The first kappa shape index (κ1) is 17.8. The van der Waals surface area contributed by atoms with Crippen LogP contribution in [0, 0.1) is 5.41 Å². The van der Waals surface area contributed by atoms with Crippen molar-refractivity contribution in [3.05, 3.63) is 47.1 Å². The maximum absolute atomic E-state index is 12.4.